The Morgan fingerprint density at radius 3 is 2.17 bits per heavy atom. The Labute approximate surface area is 140 Å². The smallest absolute Gasteiger partial charge is 0.407 e. The van der Waals surface area contributed by atoms with Crippen molar-refractivity contribution in [1.29, 1.82) is 0 Å². The lowest BCUT2D eigenvalue weighted by atomic mass is 9.98. The maximum absolute atomic E-state index is 11.9. The molecule has 5 heteroatoms. The van der Waals surface area contributed by atoms with Crippen LogP contribution < -0.4 is 5.32 Å². The summed E-state index contributed by atoms with van der Waals surface area (Å²) in [4.78, 5) is 11.9. The molecule has 1 amide bonds. The van der Waals surface area contributed by atoms with Crippen LogP contribution >= 0.6 is 0 Å². The minimum absolute atomic E-state index is 0.0118. The SMILES string of the molecule is C[C@@H](O)[C@@H](CO)NC(=O)OCC1c2ccccc2-c2ccccc21. The van der Waals surface area contributed by atoms with Gasteiger partial charge in [0.2, 0.25) is 0 Å². The van der Waals surface area contributed by atoms with Gasteiger partial charge in [0.05, 0.1) is 18.8 Å². The number of rotatable bonds is 5. The van der Waals surface area contributed by atoms with Crippen LogP contribution in [0.25, 0.3) is 11.1 Å². The molecule has 1 aliphatic carbocycles. The molecule has 126 valence electrons. The van der Waals surface area contributed by atoms with Gasteiger partial charge in [-0.05, 0) is 29.2 Å². The highest BCUT2D eigenvalue weighted by Gasteiger charge is 2.29. The number of hydrogen-bond acceptors (Lipinski definition) is 4. The number of alkyl carbamates (subject to hydrolysis) is 1. The summed E-state index contributed by atoms with van der Waals surface area (Å²) in [6.45, 7) is 1.37. The number of amides is 1. The van der Waals surface area contributed by atoms with Crippen LogP contribution in [0, 0.1) is 0 Å². The molecule has 0 radical (unpaired) electrons. The topological polar surface area (TPSA) is 78.8 Å². The number of benzene rings is 2. The molecule has 0 unspecified atom stereocenters. The third-order valence-corrected chi connectivity index (χ3v) is 4.43. The molecule has 1 aliphatic rings. The third kappa shape index (κ3) is 3.13. The van der Waals surface area contributed by atoms with Crippen LogP contribution in [-0.4, -0.2) is 41.7 Å². The summed E-state index contributed by atoms with van der Waals surface area (Å²) in [5, 5.41) is 21.1. The van der Waals surface area contributed by atoms with Crippen molar-refractivity contribution in [2.75, 3.05) is 13.2 Å². The van der Waals surface area contributed by atoms with E-state index >= 15 is 0 Å². The standard InChI is InChI=1S/C19H21NO4/c1-12(22)18(10-21)20-19(23)24-11-17-15-8-4-2-6-13(15)14-7-3-5-9-16(14)17/h2-9,12,17-18,21-22H,10-11H2,1H3,(H,20,23)/t12-,18-/m1/s1. The van der Waals surface area contributed by atoms with Crippen LogP contribution in [0.1, 0.15) is 24.0 Å². The van der Waals surface area contributed by atoms with Crippen LogP contribution in [-0.2, 0) is 4.74 Å². The molecule has 0 saturated heterocycles. The van der Waals surface area contributed by atoms with Crippen molar-refractivity contribution in [3.63, 3.8) is 0 Å². The molecule has 0 bridgehead atoms. The molecule has 3 N–H and O–H groups in total. The van der Waals surface area contributed by atoms with Crippen molar-refractivity contribution in [1.82, 2.24) is 5.32 Å². The van der Waals surface area contributed by atoms with Gasteiger partial charge in [-0.25, -0.2) is 4.79 Å². The molecule has 5 nitrogen and oxygen atoms in total. The fraction of sp³-hybridized carbons (Fsp3) is 0.316. The summed E-state index contributed by atoms with van der Waals surface area (Å²) in [5.74, 6) is -0.0118. The van der Waals surface area contributed by atoms with Gasteiger partial charge < -0.3 is 20.3 Å². The Hall–Kier alpha value is -2.37. The maximum Gasteiger partial charge on any atom is 0.407 e. The normalized spacial score (nSPS) is 15.3. The zero-order valence-electron chi connectivity index (χ0n) is 13.5. The van der Waals surface area contributed by atoms with E-state index in [4.69, 9.17) is 9.84 Å². The predicted molar refractivity (Wildman–Crippen MR) is 90.8 cm³/mol. The van der Waals surface area contributed by atoms with E-state index in [0.29, 0.717) is 0 Å². The average molecular weight is 327 g/mol. The second-order valence-electron chi connectivity index (χ2n) is 6.00. The zero-order chi connectivity index (χ0) is 17.1. The first-order valence-corrected chi connectivity index (χ1v) is 8.02. The number of carbonyl (C=O) groups excluding carboxylic acids is 1. The van der Waals surface area contributed by atoms with Crippen molar-refractivity contribution in [3.05, 3.63) is 59.7 Å². The number of aliphatic hydroxyl groups excluding tert-OH is 2. The van der Waals surface area contributed by atoms with Crippen molar-refractivity contribution < 1.29 is 19.7 Å². The van der Waals surface area contributed by atoms with Gasteiger partial charge in [-0.3, -0.25) is 0 Å². The molecule has 3 rings (SSSR count). The Morgan fingerprint density at radius 2 is 1.67 bits per heavy atom. The highest BCUT2D eigenvalue weighted by molar-refractivity contribution is 5.79. The number of hydrogen-bond donors (Lipinski definition) is 3. The van der Waals surface area contributed by atoms with E-state index in [9.17, 15) is 9.90 Å². The molecular formula is C19H21NO4. The maximum atomic E-state index is 11.9. The third-order valence-electron chi connectivity index (χ3n) is 4.43. The van der Waals surface area contributed by atoms with E-state index in [-0.39, 0.29) is 19.1 Å². The predicted octanol–water partition coefficient (Wildman–Crippen LogP) is 2.27. The highest BCUT2D eigenvalue weighted by atomic mass is 16.5. The Morgan fingerprint density at radius 1 is 1.12 bits per heavy atom. The Bertz CT molecular complexity index is 683. The molecular weight excluding hydrogens is 306 g/mol. The average Bonchev–Trinajstić information content (AvgIpc) is 2.91. The number of ether oxygens (including phenoxy) is 1. The van der Waals surface area contributed by atoms with Gasteiger partial charge in [-0.1, -0.05) is 48.5 Å². The summed E-state index contributed by atoms with van der Waals surface area (Å²) >= 11 is 0. The second-order valence-corrected chi connectivity index (χ2v) is 6.00. The summed E-state index contributed by atoms with van der Waals surface area (Å²) < 4.78 is 5.35. The van der Waals surface area contributed by atoms with E-state index in [1.165, 1.54) is 18.1 Å². The van der Waals surface area contributed by atoms with E-state index in [2.05, 4.69) is 17.4 Å². The van der Waals surface area contributed by atoms with Crippen LogP contribution in [0.15, 0.2) is 48.5 Å². The lowest BCUT2D eigenvalue weighted by Gasteiger charge is -2.20. The van der Waals surface area contributed by atoms with Crippen molar-refractivity contribution >= 4 is 6.09 Å². The minimum Gasteiger partial charge on any atom is -0.449 e. The van der Waals surface area contributed by atoms with Gasteiger partial charge in [0.25, 0.3) is 0 Å². The fourth-order valence-corrected chi connectivity index (χ4v) is 3.11. The molecule has 0 heterocycles. The van der Waals surface area contributed by atoms with E-state index < -0.39 is 18.2 Å². The second kappa shape index (κ2) is 7.03. The van der Waals surface area contributed by atoms with Crippen LogP contribution in [0.3, 0.4) is 0 Å². The zero-order valence-corrected chi connectivity index (χ0v) is 13.5. The molecule has 0 aromatic heterocycles. The van der Waals surface area contributed by atoms with Crippen molar-refractivity contribution in [2.24, 2.45) is 0 Å². The molecule has 2 aromatic carbocycles. The Balaban J connectivity index is 1.73. The lowest BCUT2D eigenvalue weighted by Crippen LogP contribution is -2.45. The minimum atomic E-state index is -0.851. The van der Waals surface area contributed by atoms with Gasteiger partial charge in [0.15, 0.2) is 0 Å². The summed E-state index contributed by atoms with van der Waals surface area (Å²) in [6.07, 6.45) is -1.49. The van der Waals surface area contributed by atoms with Gasteiger partial charge in [0, 0.05) is 5.92 Å². The first kappa shape index (κ1) is 16.5. The van der Waals surface area contributed by atoms with Crippen molar-refractivity contribution in [3.8, 4) is 11.1 Å². The van der Waals surface area contributed by atoms with Crippen LogP contribution in [0.4, 0.5) is 4.79 Å². The fourth-order valence-electron chi connectivity index (χ4n) is 3.11. The van der Waals surface area contributed by atoms with Gasteiger partial charge in [-0.2, -0.15) is 0 Å². The molecule has 2 atom stereocenters. The molecule has 0 spiro atoms. The number of carbonyl (C=O) groups is 1. The van der Waals surface area contributed by atoms with Crippen LogP contribution in [0.5, 0.6) is 0 Å². The number of fused-ring (bicyclic) bond motifs is 3. The van der Waals surface area contributed by atoms with E-state index in [0.717, 1.165) is 11.1 Å². The quantitative estimate of drug-likeness (QED) is 0.787. The monoisotopic (exact) mass is 327 g/mol. The lowest BCUT2D eigenvalue weighted by molar-refractivity contribution is 0.0872. The summed E-state index contributed by atoms with van der Waals surface area (Å²) in [6, 6.07) is 15.5. The number of nitrogens with one attached hydrogen (secondary N) is 1. The highest BCUT2D eigenvalue weighted by Crippen LogP contribution is 2.44. The van der Waals surface area contributed by atoms with Gasteiger partial charge in [-0.15, -0.1) is 0 Å². The Kier molecular flexibility index (Phi) is 4.83. The summed E-state index contributed by atoms with van der Waals surface area (Å²) in [7, 11) is 0. The van der Waals surface area contributed by atoms with Gasteiger partial charge >= 0.3 is 6.09 Å². The number of aliphatic hydroxyl groups is 2. The van der Waals surface area contributed by atoms with E-state index in [1.54, 1.807) is 0 Å². The summed E-state index contributed by atoms with van der Waals surface area (Å²) in [5.41, 5.74) is 4.61. The largest absolute Gasteiger partial charge is 0.449 e. The molecule has 0 saturated carbocycles. The van der Waals surface area contributed by atoms with E-state index in [1.807, 2.05) is 36.4 Å². The molecule has 24 heavy (non-hydrogen) atoms. The van der Waals surface area contributed by atoms with Gasteiger partial charge in [0.1, 0.15) is 6.61 Å². The molecule has 0 fully saturated rings. The van der Waals surface area contributed by atoms with Crippen molar-refractivity contribution in [2.45, 2.75) is 25.0 Å². The van der Waals surface area contributed by atoms with Crippen LogP contribution in [0.2, 0.25) is 0 Å². The molecule has 2 aromatic rings. The molecule has 0 aliphatic heterocycles. The first-order chi connectivity index (χ1) is 11.6. The first-order valence-electron chi connectivity index (χ1n) is 8.02.